The van der Waals surface area contributed by atoms with Crippen molar-refractivity contribution in [2.75, 3.05) is 12.4 Å². The third-order valence-electron chi connectivity index (χ3n) is 1.54. The Kier molecular flexibility index (Phi) is 4.19. The number of nitrogens with zero attached hydrogens (tertiary/aromatic N) is 1. The summed E-state index contributed by atoms with van der Waals surface area (Å²) < 4.78 is 0.816. The largest absolute Gasteiger partial charge is 0.325 e. The van der Waals surface area contributed by atoms with Crippen LogP contribution in [0.2, 0.25) is 5.02 Å². The summed E-state index contributed by atoms with van der Waals surface area (Å²) in [5.74, 6) is 5.70. The van der Waals surface area contributed by atoms with Crippen molar-refractivity contribution >= 4 is 39.2 Å². The Morgan fingerprint density at radius 1 is 1.57 bits per heavy atom. The van der Waals surface area contributed by atoms with Gasteiger partial charge in [0.1, 0.15) is 0 Å². The van der Waals surface area contributed by atoms with E-state index in [0.717, 1.165) is 10.2 Å². The number of hydrazine groups is 1. The van der Waals surface area contributed by atoms with Crippen LogP contribution in [-0.4, -0.2) is 13.0 Å². The molecule has 0 bridgehead atoms. The summed E-state index contributed by atoms with van der Waals surface area (Å²) in [7, 11) is 1.63. The lowest BCUT2D eigenvalue weighted by molar-refractivity contribution is 1.01. The van der Waals surface area contributed by atoms with Gasteiger partial charge in [0.15, 0.2) is 0 Å². The third-order valence-corrected chi connectivity index (χ3v) is 2.76. The van der Waals surface area contributed by atoms with Gasteiger partial charge in [-0.15, -0.1) is 0 Å². The van der Waals surface area contributed by atoms with Crippen LogP contribution in [0.4, 0.5) is 5.69 Å². The number of guanidine groups is 1. The summed E-state index contributed by atoms with van der Waals surface area (Å²) in [6, 6.07) is 5.44. The quantitative estimate of drug-likeness (QED) is 0.318. The molecule has 4 N–H and O–H groups in total. The van der Waals surface area contributed by atoms with Gasteiger partial charge in [-0.1, -0.05) is 11.6 Å². The highest BCUT2D eigenvalue weighted by Gasteiger charge is 2.00. The van der Waals surface area contributed by atoms with Gasteiger partial charge >= 0.3 is 0 Å². The molecule has 6 heteroatoms. The number of hydrogen-bond donors (Lipinski definition) is 3. The van der Waals surface area contributed by atoms with Crippen LogP contribution in [0, 0.1) is 0 Å². The van der Waals surface area contributed by atoms with Gasteiger partial charge in [-0.25, -0.2) is 5.84 Å². The maximum absolute atomic E-state index is 5.84. The molecule has 14 heavy (non-hydrogen) atoms. The molecule has 76 valence electrons. The zero-order chi connectivity index (χ0) is 10.6. The highest BCUT2D eigenvalue weighted by Crippen LogP contribution is 2.25. The number of halogens is 2. The zero-order valence-electron chi connectivity index (χ0n) is 7.51. The second kappa shape index (κ2) is 5.19. The Morgan fingerprint density at radius 2 is 2.29 bits per heavy atom. The maximum Gasteiger partial charge on any atom is 0.209 e. The summed E-state index contributed by atoms with van der Waals surface area (Å²) in [6.45, 7) is 0. The number of rotatable bonds is 1. The van der Waals surface area contributed by atoms with E-state index in [1.54, 1.807) is 13.1 Å². The summed E-state index contributed by atoms with van der Waals surface area (Å²) in [5.41, 5.74) is 3.27. The Balaban J connectivity index is 2.82. The molecule has 0 heterocycles. The number of anilines is 1. The molecule has 0 fully saturated rings. The molecular weight excluding hydrogens is 267 g/mol. The lowest BCUT2D eigenvalue weighted by Gasteiger charge is -2.08. The second-order valence-corrected chi connectivity index (χ2v) is 3.73. The molecule has 0 saturated heterocycles. The SMILES string of the molecule is CN=C(NN)Nc1ccc(Cl)c(Br)c1. The first kappa shape index (κ1) is 11.3. The molecular formula is C8H10BrClN4. The van der Waals surface area contributed by atoms with E-state index in [-0.39, 0.29) is 0 Å². The van der Waals surface area contributed by atoms with Crippen LogP contribution < -0.4 is 16.6 Å². The van der Waals surface area contributed by atoms with Gasteiger partial charge in [0.25, 0.3) is 0 Å². The van der Waals surface area contributed by atoms with Gasteiger partial charge in [0.05, 0.1) is 5.02 Å². The maximum atomic E-state index is 5.84. The fraction of sp³-hybridized carbons (Fsp3) is 0.125. The average Bonchev–Trinajstić information content (AvgIpc) is 2.19. The van der Waals surface area contributed by atoms with E-state index in [2.05, 4.69) is 31.7 Å². The van der Waals surface area contributed by atoms with Crippen LogP contribution in [0.1, 0.15) is 0 Å². The monoisotopic (exact) mass is 276 g/mol. The molecule has 1 aromatic rings. The first-order valence-electron chi connectivity index (χ1n) is 3.83. The van der Waals surface area contributed by atoms with E-state index in [0.29, 0.717) is 11.0 Å². The van der Waals surface area contributed by atoms with Crippen molar-refractivity contribution < 1.29 is 0 Å². The van der Waals surface area contributed by atoms with E-state index in [1.807, 2.05) is 12.1 Å². The molecule has 0 amide bonds. The molecule has 0 aliphatic carbocycles. The molecule has 0 unspecified atom stereocenters. The predicted octanol–water partition coefficient (Wildman–Crippen LogP) is 1.96. The molecule has 0 atom stereocenters. The number of aliphatic imine (C=N–C) groups is 1. The van der Waals surface area contributed by atoms with Crippen molar-refractivity contribution in [3.63, 3.8) is 0 Å². The minimum atomic E-state index is 0.485. The third kappa shape index (κ3) is 2.87. The molecule has 0 spiro atoms. The smallest absolute Gasteiger partial charge is 0.209 e. The molecule has 1 aromatic carbocycles. The first-order valence-corrected chi connectivity index (χ1v) is 5.00. The second-order valence-electron chi connectivity index (χ2n) is 2.47. The Bertz CT molecular complexity index is 353. The van der Waals surface area contributed by atoms with Gasteiger partial charge in [-0.05, 0) is 34.1 Å². The van der Waals surface area contributed by atoms with Crippen molar-refractivity contribution in [1.29, 1.82) is 0 Å². The van der Waals surface area contributed by atoms with Crippen molar-refractivity contribution in [1.82, 2.24) is 5.43 Å². The standard InChI is InChI=1S/C8H10BrClN4/c1-12-8(14-11)13-5-2-3-7(10)6(9)4-5/h2-4H,11H2,1H3,(H2,12,13,14). The topological polar surface area (TPSA) is 62.4 Å². The highest BCUT2D eigenvalue weighted by molar-refractivity contribution is 9.10. The van der Waals surface area contributed by atoms with Crippen LogP contribution in [0.5, 0.6) is 0 Å². The van der Waals surface area contributed by atoms with E-state index in [1.165, 1.54) is 0 Å². The minimum absolute atomic E-state index is 0.485. The van der Waals surface area contributed by atoms with Crippen LogP contribution >= 0.6 is 27.5 Å². The molecule has 4 nitrogen and oxygen atoms in total. The number of hydrogen-bond acceptors (Lipinski definition) is 2. The lowest BCUT2D eigenvalue weighted by atomic mass is 10.3. The van der Waals surface area contributed by atoms with Gasteiger partial charge in [-0.2, -0.15) is 0 Å². The van der Waals surface area contributed by atoms with Gasteiger partial charge < -0.3 is 5.32 Å². The Hall–Kier alpha value is -0.780. The molecule has 0 aromatic heterocycles. The van der Waals surface area contributed by atoms with Gasteiger partial charge in [-0.3, -0.25) is 10.4 Å². The van der Waals surface area contributed by atoms with Gasteiger partial charge in [0.2, 0.25) is 5.96 Å². The number of benzene rings is 1. The highest BCUT2D eigenvalue weighted by atomic mass is 79.9. The van der Waals surface area contributed by atoms with E-state index in [9.17, 15) is 0 Å². The van der Waals surface area contributed by atoms with E-state index >= 15 is 0 Å². The number of nitrogens with two attached hydrogens (primary N) is 1. The van der Waals surface area contributed by atoms with Crippen molar-refractivity contribution in [2.45, 2.75) is 0 Å². The predicted molar refractivity (Wildman–Crippen MR) is 63.5 cm³/mol. The molecule has 0 aliphatic heterocycles. The zero-order valence-corrected chi connectivity index (χ0v) is 9.85. The first-order chi connectivity index (χ1) is 6.67. The molecule has 1 rings (SSSR count). The molecule has 0 saturated carbocycles. The summed E-state index contributed by atoms with van der Waals surface area (Å²) in [6.07, 6.45) is 0. The molecule has 0 radical (unpaired) electrons. The van der Waals surface area contributed by atoms with E-state index < -0.39 is 0 Å². The fourth-order valence-electron chi connectivity index (χ4n) is 0.867. The average molecular weight is 278 g/mol. The fourth-order valence-corrected chi connectivity index (χ4v) is 1.36. The Morgan fingerprint density at radius 3 is 2.79 bits per heavy atom. The normalized spacial score (nSPS) is 11.3. The molecule has 0 aliphatic rings. The van der Waals surface area contributed by atoms with Gasteiger partial charge in [0, 0.05) is 17.2 Å². The van der Waals surface area contributed by atoms with Crippen molar-refractivity contribution in [3.05, 3.63) is 27.7 Å². The Labute approximate surface area is 95.6 Å². The lowest BCUT2D eigenvalue weighted by Crippen LogP contribution is -2.36. The van der Waals surface area contributed by atoms with Crippen LogP contribution in [0.25, 0.3) is 0 Å². The minimum Gasteiger partial charge on any atom is -0.325 e. The summed E-state index contributed by atoms with van der Waals surface area (Å²) >= 11 is 9.16. The number of nitrogens with one attached hydrogen (secondary N) is 2. The van der Waals surface area contributed by atoms with Crippen molar-refractivity contribution in [3.8, 4) is 0 Å². The van der Waals surface area contributed by atoms with Crippen LogP contribution in [0.15, 0.2) is 27.7 Å². The van der Waals surface area contributed by atoms with Crippen LogP contribution in [0.3, 0.4) is 0 Å². The van der Waals surface area contributed by atoms with Crippen molar-refractivity contribution in [2.24, 2.45) is 10.8 Å². The van der Waals surface area contributed by atoms with E-state index in [4.69, 9.17) is 17.4 Å². The summed E-state index contributed by atoms with van der Waals surface area (Å²) in [4.78, 5) is 3.88. The van der Waals surface area contributed by atoms with Crippen LogP contribution in [-0.2, 0) is 0 Å². The summed E-state index contributed by atoms with van der Waals surface area (Å²) in [5, 5.41) is 3.63.